The summed E-state index contributed by atoms with van der Waals surface area (Å²) in [5.41, 5.74) is 1.73. The highest BCUT2D eigenvalue weighted by Crippen LogP contribution is 2.14. The van der Waals surface area contributed by atoms with Crippen molar-refractivity contribution in [2.24, 2.45) is 7.05 Å². The molecule has 0 spiro atoms. The maximum atomic E-state index is 12.5. The topological polar surface area (TPSA) is 78.3 Å². The summed E-state index contributed by atoms with van der Waals surface area (Å²) in [5, 5.41) is 9.10. The number of aliphatic hydroxyl groups is 1. The number of aliphatic hydroxyl groups excluding tert-OH is 1. The molecule has 0 aliphatic rings. The molecule has 6 nitrogen and oxygen atoms in total. The van der Waals surface area contributed by atoms with Crippen LogP contribution >= 0.6 is 0 Å². The zero-order chi connectivity index (χ0) is 15.4. The van der Waals surface area contributed by atoms with E-state index in [1.165, 1.54) is 4.57 Å². The number of amides is 1. The first kappa shape index (κ1) is 15.3. The summed E-state index contributed by atoms with van der Waals surface area (Å²) in [6.45, 7) is 2.95. The van der Waals surface area contributed by atoms with E-state index >= 15 is 0 Å². The number of hydrogen-bond donors (Lipinski definition) is 2. The van der Waals surface area contributed by atoms with Crippen LogP contribution in [0, 0.1) is 0 Å². The molecule has 0 saturated heterocycles. The number of unbranched alkanes of at least 4 members (excludes halogenated alkanes) is 1. The number of nitrogens with zero attached hydrogens (tertiary/aromatic N) is 2. The van der Waals surface area contributed by atoms with E-state index in [1.54, 1.807) is 30.1 Å². The summed E-state index contributed by atoms with van der Waals surface area (Å²) in [5.74, 6) is -0.121. The highest BCUT2D eigenvalue weighted by atomic mass is 16.3. The smallest absolute Gasteiger partial charge is 0.326 e. The van der Waals surface area contributed by atoms with Crippen molar-refractivity contribution >= 4 is 16.9 Å². The predicted molar refractivity (Wildman–Crippen MR) is 81.4 cm³/mol. The molecule has 0 fully saturated rings. The van der Waals surface area contributed by atoms with Gasteiger partial charge in [0.05, 0.1) is 17.6 Å². The van der Waals surface area contributed by atoms with Crippen LogP contribution in [0.3, 0.4) is 0 Å². The Bertz CT molecular complexity index is 687. The SMILES string of the molecule is CCCCN(CCO)C(=O)c1ccc2c(c1)[nH]c(=O)n2C. The second-order valence-corrected chi connectivity index (χ2v) is 5.09. The van der Waals surface area contributed by atoms with Crippen LogP contribution in [0.15, 0.2) is 23.0 Å². The van der Waals surface area contributed by atoms with Crippen LogP contribution in [0.25, 0.3) is 11.0 Å². The average Bonchev–Trinajstić information content (AvgIpc) is 2.77. The van der Waals surface area contributed by atoms with Crippen molar-refractivity contribution in [3.8, 4) is 0 Å². The third kappa shape index (κ3) is 3.16. The molecule has 0 aliphatic carbocycles. The Balaban J connectivity index is 2.30. The maximum Gasteiger partial charge on any atom is 0.326 e. The number of hydrogen-bond acceptors (Lipinski definition) is 3. The highest BCUT2D eigenvalue weighted by Gasteiger charge is 2.16. The first-order valence-electron chi connectivity index (χ1n) is 7.17. The molecule has 114 valence electrons. The molecule has 21 heavy (non-hydrogen) atoms. The number of aromatic amines is 1. The summed E-state index contributed by atoms with van der Waals surface area (Å²) in [7, 11) is 1.68. The van der Waals surface area contributed by atoms with Gasteiger partial charge in [-0.15, -0.1) is 0 Å². The fourth-order valence-electron chi connectivity index (χ4n) is 2.34. The van der Waals surface area contributed by atoms with Gasteiger partial charge in [0.25, 0.3) is 5.91 Å². The fraction of sp³-hybridized carbons (Fsp3) is 0.467. The molecule has 1 aromatic heterocycles. The standard InChI is InChI=1S/C15H21N3O3/c1-3-4-7-18(8-9-19)14(20)11-5-6-13-12(10-11)16-15(21)17(13)2/h5-6,10,19H,3-4,7-9H2,1-2H3,(H,16,21). The van der Waals surface area contributed by atoms with Crippen molar-refractivity contribution in [1.82, 2.24) is 14.5 Å². The number of fused-ring (bicyclic) bond motifs is 1. The lowest BCUT2D eigenvalue weighted by atomic mass is 10.1. The molecule has 2 rings (SSSR count). The second kappa shape index (κ2) is 6.58. The number of carbonyl (C=O) groups excluding carboxylic acids is 1. The van der Waals surface area contributed by atoms with Gasteiger partial charge in [0, 0.05) is 25.7 Å². The van der Waals surface area contributed by atoms with Crippen LogP contribution in [-0.2, 0) is 7.05 Å². The molecule has 2 N–H and O–H groups in total. The molecule has 2 aromatic rings. The normalized spacial score (nSPS) is 11.0. The lowest BCUT2D eigenvalue weighted by Crippen LogP contribution is -2.34. The molecule has 0 bridgehead atoms. The van der Waals surface area contributed by atoms with E-state index in [-0.39, 0.29) is 18.2 Å². The van der Waals surface area contributed by atoms with Gasteiger partial charge in [0.15, 0.2) is 0 Å². The van der Waals surface area contributed by atoms with Crippen LogP contribution in [-0.4, -0.2) is 45.2 Å². The van der Waals surface area contributed by atoms with Crippen molar-refractivity contribution in [3.63, 3.8) is 0 Å². The molecule has 0 radical (unpaired) electrons. The van der Waals surface area contributed by atoms with Gasteiger partial charge in [-0.05, 0) is 24.6 Å². The third-order valence-electron chi connectivity index (χ3n) is 3.59. The molecule has 0 atom stereocenters. The Morgan fingerprint density at radius 1 is 1.38 bits per heavy atom. The number of rotatable bonds is 6. The number of aromatic nitrogens is 2. The van der Waals surface area contributed by atoms with E-state index in [0.717, 1.165) is 18.4 Å². The van der Waals surface area contributed by atoms with Crippen molar-refractivity contribution < 1.29 is 9.90 Å². The summed E-state index contributed by atoms with van der Waals surface area (Å²) < 4.78 is 1.51. The van der Waals surface area contributed by atoms with Gasteiger partial charge in [0.1, 0.15) is 0 Å². The van der Waals surface area contributed by atoms with E-state index in [0.29, 0.717) is 24.2 Å². The predicted octanol–water partition coefficient (Wildman–Crippen LogP) is 1.10. The van der Waals surface area contributed by atoms with Gasteiger partial charge in [-0.2, -0.15) is 0 Å². The van der Waals surface area contributed by atoms with Gasteiger partial charge in [-0.25, -0.2) is 4.79 Å². The fourth-order valence-corrected chi connectivity index (χ4v) is 2.34. The third-order valence-corrected chi connectivity index (χ3v) is 3.59. The van der Waals surface area contributed by atoms with Gasteiger partial charge >= 0.3 is 5.69 Å². The van der Waals surface area contributed by atoms with E-state index < -0.39 is 0 Å². The molecular weight excluding hydrogens is 270 g/mol. The van der Waals surface area contributed by atoms with Gasteiger partial charge in [0.2, 0.25) is 0 Å². The van der Waals surface area contributed by atoms with Crippen molar-refractivity contribution in [2.75, 3.05) is 19.7 Å². The van der Waals surface area contributed by atoms with Crippen molar-refractivity contribution in [1.29, 1.82) is 0 Å². The highest BCUT2D eigenvalue weighted by molar-refractivity contribution is 5.97. The van der Waals surface area contributed by atoms with E-state index in [4.69, 9.17) is 5.11 Å². The Morgan fingerprint density at radius 2 is 2.14 bits per heavy atom. The first-order valence-corrected chi connectivity index (χ1v) is 7.17. The number of nitrogens with one attached hydrogen (secondary N) is 1. The largest absolute Gasteiger partial charge is 0.395 e. The Labute approximate surface area is 123 Å². The first-order chi connectivity index (χ1) is 10.1. The molecule has 6 heteroatoms. The minimum absolute atomic E-state index is 0.0557. The minimum Gasteiger partial charge on any atom is -0.395 e. The Morgan fingerprint density at radius 3 is 2.81 bits per heavy atom. The summed E-state index contributed by atoms with van der Waals surface area (Å²) in [6.07, 6.45) is 1.89. The van der Waals surface area contributed by atoms with E-state index in [9.17, 15) is 9.59 Å². The van der Waals surface area contributed by atoms with Crippen LogP contribution < -0.4 is 5.69 Å². The summed E-state index contributed by atoms with van der Waals surface area (Å²) >= 11 is 0. The Hall–Kier alpha value is -2.08. The van der Waals surface area contributed by atoms with Crippen LogP contribution in [0.1, 0.15) is 30.1 Å². The van der Waals surface area contributed by atoms with Gasteiger partial charge in [-0.1, -0.05) is 13.3 Å². The van der Waals surface area contributed by atoms with Gasteiger partial charge in [-0.3, -0.25) is 9.36 Å². The van der Waals surface area contributed by atoms with E-state index in [2.05, 4.69) is 11.9 Å². The van der Waals surface area contributed by atoms with Gasteiger partial charge < -0.3 is 15.0 Å². The lowest BCUT2D eigenvalue weighted by molar-refractivity contribution is 0.0719. The number of aryl methyl sites for hydroxylation is 1. The van der Waals surface area contributed by atoms with Crippen molar-refractivity contribution in [3.05, 3.63) is 34.2 Å². The molecule has 0 aliphatic heterocycles. The zero-order valence-corrected chi connectivity index (χ0v) is 12.4. The van der Waals surface area contributed by atoms with E-state index in [1.807, 2.05) is 0 Å². The maximum absolute atomic E-state index is 12.5. The summed E-state index contributed by atoms with van der Waals surface area (Å²) in [6, 6.07) is 5.17. The van der Waals surface area contributed by atoms with Crippen LogP contribution in [0.5, 0.6) is 0 Å². The molecule has 1 amide bonds. The molecule has 0 unspecified atom stereocenters. The van der Waals surface area contributed by atoms with Crippen molar-refractivity contribution in [2.45, 2.75) is 19.8 Å². The monoisotopic (exact) mass is 291 g/mol. The molecule has 1 heterocycles. The lowest BCUT2D eigenvalue weighted by Gasteiger charge is -2.21. The summed E-state index contributed by atoms with van der Waals surface area (Å²) in [4.78, 5) is 28.4. The second-order valence-electron chi connectivity index (χ2n) is 5.09. The number of benzene rings is 1. The quantitative estimate of drug-likeness (QED) is 0.836. The zero-order valence-electron chi connectivity index (χ0n) is 12.4. The number of imidazole rings is 1. The average molecular weight is 291 g/mol. The van der Waals surface area contributed by atoms with Crippen LogP contribution in [0.4, 0.5) is 0 Å². The number of H-pyrrole nitrogens is 1. The Kier molecular flexibility index (Phi) is 4.80. The number of carbonyl (C=O) groups is 1. The molecular formula is C15H21N3O3. The van der Waals surface area contributed by atoms with Crippen LogP contribution in [0.2, 0.25) is 0 Å². The minimum atomic E-state index is -0.201. The molecule has 0 saturated carbocycles. The molecule has 1 aromatic carbocycles.